The van der Waals surface area contributed by atoms with Gasteiger partial charge >= 0.3 is 6.18 Å². The van der Waals surface area contributed by atoms with Crippen molar-refractivity contribution in [2.45, 2.75) is 12.7 Å². The lowest BCUT2D eigenvalue weighted by Gasteiger charge is -2.15. The molecule has 0 amide bonds. The fraction of sp³-hybridized carbons (Fsp3) is 0.111. The molecule has 4 nitrogen and oxygen atoms in total. The lowest BCUT2D eigenvalue weighted by atomic mass is 10.1. The largest absolute Gasteiger partial charge is 0.418 e. The van der Waals surface area contributed by atoms with Crippen LogP contribution in [0.4, 0.5) is 24.5 Å². The SMILES string of the molecule is FC(F)(F)c1ccccc1NC(=S)Nc1cnn(Cc2ccccc2Cl)c1. The Labute approximate surface area is 164 Å². The topological polar surface area (TPSA) is 41.9 Å². The number of thiocarbonyl (C=S) groups is 1. The number of para-hydroxylation sites is 1. The Bertz CT molecular complexity index is 956. The number of aromatic nitrogens is 2. The van der Waals surface area contributed by atoms with Gasteiger partial charge in [0.1, 0.15) is 0 Å². The van der Waals surface area contributed by atoms with E-state index in [9.17, 15) is 13.2 Å². The summed E-state index contributed by atoms with van der Waals surface area (Å²) in [5, 5.41) is 10.3. The second kappa shape index (κ2) is 7.98. The minimum atomic E-state index is -4.47. The number of halogens is 4. The fourth-order valence-electron chi connectivity index (χ4n) is 2.44. The number of rotatable bonds is 4. The van der Waals surface area contributed by atoms with Crippen molar-refractivity contribution in [3.05, 3.63) is 77.1 Å². The van der Waals surface area contributed by atoms with Gasteiger partial charge < -0.3 is 10.6 Å². The number of hydrogen-bond donors (Lipinski definition) is 2. The van der Waals surface area contributed by atoms with Crippen LogP contribution in [0.1, 0.15) is 11.1 Å². The van der Waals surface area contributed by atoms with Gasteiger partial charge in [0.15, 0.2) is 5.11 Å². The number of nitrogens with zero attached hydrogens (tertiary/aromatic N) is 2. The van der Waals surface area contributed by atoms with Gasteiger partial charge in [0, 0.05) is 11.2 Å². The van der Waals surface area contributed by atoms with Crippen LogP contribution in [0.25, 0.3) is 0 Å². The maximum Gasteiger partial charge on any atom is 0.418 e. The molecular weight excluding hydrogens is 397 g/mol. The second-order valence-corrected chi connectivity index (χ2v) is 6.46. The van der Waals surface area contributed by atoms with Crippen LogP contribution >= 0.6 is 23.8 Å². The summed E-state index contributed by atoms with van der Waals surface area (Å²) in [6.07, 6.45) is -1.26. The third-order valence-corrected chi connectivity index (χ3v) is 4.23. The first-order chi connectivity index (χ1) is 12.8. The monoisotopic (exact) mass is 410 g/mol. The van der Waals surface area contributed by atoms with E-state index in [0.29, 0.717) is 17.3 Å². The molecule has 140 valence electrons. The highest BCUT2D eigenvalue weighted by molar-refractivity contribution is 7.80. The van der Waals surface area contributed by atoms with Crippen LogP contribution in [0.5, 0.6) is 0 Å². The normalized spacial score (nSPS) is 11.3. The number of hydrogen-bond acceptors (Lipinski definition) is 2. The molecule has 9 heteroatoms. The molecule has 2 aromatic carbocycles. The summed E-state index contributed by atoms with van der Waals surface area (Å²) < 4.78 is 40.8. The Balaban J connectivity index is 1.66. The highest BCUT2D eigenvalue weighted by Gasteiger charge is 2.33. The number of anilines is 2. The standard InChI is InChI=1S/C18H14ClF3N4S/c19-15-7-3-1-5-12(15)10-26-11-13(9-23-26)24-17(27)25-16-8-4-2-6-14(16)18(20,21)22/h1-9,11H,10H2,(H2,24,25,27). The minimum absolute atomic E-state index is 0.0315. The van der Waals surface area contributed by atoms with Crippen LogP contribution in [0.2, 0.25) is 5.02 Å². The third-order valence-electron chi connectivity index (χ3n) is 3.66. The quantitative estimate of drug-likeness (QED) is 0.564. The average molecular weight is 411 g/mol. The Hall–Kier alpha value is -2.58. The summed E-state index contributed by atoms with van der Waals surface area (Å²) in [4.78, 5) is 0. The zero-order valence-corrected chi connectivity index (χ0v) is 15.4. The Morgan fingerprint density at radius 1 is 1.07 bits per heavy atom. The molecule has 0 bridgehead atoms. The van der Waals surface area contributed by atoms with Crippen molar-refractivity contribution >= 4 is 40.3 Å². The molecule has 1 aromatic heterocycles. The van der Waals surface area contributed by atoms with Gasteiger partial charge in [-0.25, -0.2) is 0 Å². The Morgan fingerprint density at radius 2 is 1.78 bits per heavy atom. The molecule has 0 radical (unpaired) electrons. The lowest BCUT2D eigenvalue weighted by Crippen LogP contribution is -2.21. The maximum atomic E-state index is 13.0. The van der Waals surface area contributed by atoms with Crippen molar-refractivity contribution in [2.24, 2.45) is 0 Å². The molecule has 0 atom stereocenters. The van der Waals surface area contributed by atoms with Crippen molar-refractivity contribution in [1.82, 2.24) is 9.78 Å². The van der Waals surface area contributed by atoms with Gasteiger partial charge in [-0.3, -0.25) is 4.68 Å². The molecule has 0 fully saturated rings. The van der Waals surface area contributed by atoms with Gasteiger partial charge in [-0.2, -0.15) is 18.3 Å². The van der Waals surface area contributed by atoms with Crippen LogP contribution in [0, 0.1) is 0 Å². The van der Waals surface area contributed by atoms with Gasteiger partial charge in [0.2, 0.25) is 0 Å². The maximum absolute atomic E-state index is 13.0. The van der Waals surface area contributed by atoms with Gasteiger partial charge in [-0.1, -0.05) is 41.9 Å². The van der Waals surface area contributed by atoms with E-state index in [-0.39, 0.29) is 10.8 Å². The zero-order valence-electron chi connectivity index (χ0n) is 13.8. The van der Waals surface area contributed by atoms with Crippen molar-refractivity contribution in [3.63, 3.8) is 0 Å². The molecular formula is C18H14ClF3N4S. The highest BCUT2D eigenvalue weighted by atomic mass is 35.5. The number of nitrogens with one attached hydrogen (secondary N) is 2. The number of benzene rings is 2. The Morgan fingerprint density at radius 3 is 2.52 bits per heavy atom. The van der Waals surface area contributed by atoms with Gasteiger partial charge in [0.25, 0.3) is 0 Å². The summed E-state index contributed by atoms with van der Waals surface area (Å²) in [6.45, 7) is 0.457. The lowest BCUT2D eigenvalue weighted by molar-refractivity contribution is -0.136. The molecule has 27 heavy (non-hydrogen) atoms. The van der Waals surface area contributed by atoms with E-state index in [1.807, 2.05) is 18.2 Å². The van der Waals surface area contributed by atoms with Gasteiger partial charge in [-0.05, 0) is 36.0 Å². The van der Waals surface area contributed by atoms with Crippen LogP contribution in [-0.2, 0) is 12.7 Å². The fourth-order valence-corrected chi connectivity index (χ4v) is 2.86. The summed E-state index contributed by atoms with van der Waals surface area (Å²) >= 11 is 11.2. The van der Waals surface area contributed by atoms with E-state index in [0.717, 1.165) is 11.6 Å². The molecule has 1 heterocycles. The van der Waals surface area contributed by atoms with Crippen molar-refractivity contribution < 1.29 is 13.2 Å². The first-order valence-corrected chi connectivity index (χ1v) is 8.61. The second-order valence-electron chi connectivity index (χ2n) is 5.64. The first kappa shape index (κ1) is 19.2. The van der Waals surface area contributed by atoms with E-state index in [2.05, 4.69) is 15.7 Å². The average Bonchev–Trinajstić information content (AvgIpc) is 3.03. The van der Waals surface area contributed by atoms with Gasteiger partial charge in [-0.15, -0.1) is 0 Å². The van der Waals surface area contributed by atoms with Crippen LogP contribution in [0.15, 0.2) is 60.9 Å². The highest BCUT2D eigenvalue weighted by Crippen LogP contribution is 2.34. The van der Waals surface area contributed by atoms with E-state index in [4.69, 9.17) is 23.8 Å². The molecule has 0 saturated carbocycles. The van der Waals surface area contributed by atoms with E-state index >= 15 is 0 Å². The summed E-state index contributed by atoms with van der Waals surface area (Å²) in [5.41, 5.74) is 0.534. The molecule has 0 aliphatic rings. The molecule has 3 aromatic rings. The van der Waals surface area contributed by atoms with Gasteiger partial charge in [0.05, 0.1) is 29.7 Å². The molecule has 2 N–H and O–H groups in total. The minimum Gasteiger partial charge on any atom is -0.332 e. The van der Waals surface area contributed by atoms with Crippen LogP contribution in [-0.4, -0.2) is 14.9 Å². The first-order valence-electron chi connectivity index (χ1n) is 7.83. The predicted molar refractivity (Wildman–Crippen MR) is 104 cm³/mol. The third kappa shape index (κ3) is 4.99. The molecule has 0 spiro atoms. The molecule has 0 aliphatic heterocycles. The molecule has 3 rings (SSSR count). The van der Waals surface area contributed by atoms with Crippen molar-refractivity contribution in [1.29, 1.82) is 0 Å². The van der Waals surface area contributed by atoms with Crippen LogP contribution in [0.3, 0.4) is 0 Å². The summed E-state index contributed by atoms with van der Waals surface area (Å²) in [6, 6.07) is 12.5. The Kier molecular flexibility index (Phi) is 5.67. The summed E-state index contributed by atoms with van der Waals surface area (Å²) in [7, 11) is 0. The van der Waals surface area contributed by atoms with Crippen LogP contribution < -0.4 is 10.6 Å². The molecule has 0 aliphatic carbocycles. The number of alkyl halides is 3. The molecule has 0 unspecified atom stereocenters. The zero-order chi connectivity index (χ0) is 19.4. The predicted octanol–water partition coefficient (Wildman–Crippen LogP) is 5.41. The van der Waals surface area contributed by atoms with E-state index in [1.54, 1.807) is 16.9 Å². The van der Waals surface area contributed by atoms with Crippen molar-refractivity contribution in [3.8, 4) is 0 Å². The van der Waals surface area contributed by atoms with E-state index in [1.165, 1.54) is 24.4 Å². The summed E-state index contributed by atoms with van der Waals surface area (Å²) in [5.74, 6) is 0. The van der Waals surface area contributed by atoms with Crippen molar-refractivity contribution in [2.75, 3.05) is 10.6 Å². The molecule has 0 saturated heterocycles. The van der Waals surface area contributed by atoms with E-state index < -0.39 is 11.7 Å². The smallest absolute Gasteiger partial charge is 0.332 e.